The molecule has 1 saturated carbocycles. The summed E-state index contributed by atoms with van der Waals surface area (Å²) < 4.78 is 35.7. The van der Waals surface area contributed by atoms with E-state index in [0.717, 1.165) is 73.7 Å². The van der Waals surface area contributed by atoms with E-state index in [1.54, 1.807) is 6.07 Å². The number of likely N-dealkylation sites (N-methyl/N-ethyl adjacent to an activating group) is 1. The van der Waals surface area contributed by atoms with Crippen molar-refractivity contribution in [3.63, 3.8) is 0 Å². The van der Waals surface area contributed by atoms with E-state index in [0.29, 0.717) is 23.7 Å². The van der Waals surface area contributed by atoms with Gasteiger partial charge in [-0.1, -0.05) is 164 Å². The minimum Gasteiger partial charge on any atom is -0.333 e. The summed E-state index contributed by atoms with van der Waals surface area (Å²) in [5, 5.41) is 2.15. The van der Waals surface area contributed by atoms with Gasteiger partial charge in [0.15, 0.2) is 12.0 Å². The van der Waals surface area contributed by atoms with Gasteiger partial charge in [-0.05, 0) is 81.0 Å². The van der Waals surface area contributed by atoms with Gasteiger partial charge in [-0.25, -0.2) is 9.98 Å². The van der Waals surface area contributed by atoms with E-state index in [2.05, 4.69) is 97.1 Å². The van der Waals surface area contributed by atoms with Crippen molar-refractivity contribution in [1.29, 1.82) is 0 Å². The van der Waals surface area contributed by atoms with Gasteiger partial charge in [0.05, 0.1) is 0 Å². The molecule has 5 aromatic carbocycles. The molecule has 11 rings (SSSR count). The Morgan fingerprint density at radius 1 is 0.667 bits per heavy atom. The van der Waals surface area contributed by atoms with Gasteiger partial charge in [0.25, 0.3) is 5.92 Å². The number of hydrogen-bond donors (Lipinski definition) is 0. The molecule has 1 aliphatic heterocycles. The molecule has 3 atom stereocenters. The van der Waals surface area contributed by atoms with Crippen molar-refractivity contribution in [2.24, 2.45) is 15.9 Å². The first kappa shape index (κ1) is 33.8. The predicted molar refractivity (Wildman–Crippen MR) is 230 cm³/mol. The molecule has 0 radical (unpaired) electrons. The quantitative estimate of drug-likeness (QED) is 0.176. The molecule has 0 N–H and O–H groups in total. The predicted octanol–water partition coefficient (Wildman–Crippen LogP) is 12.4. The molecule has 276 valence electrons. The fourth-order valence-electron chi connectivity index (χ4n) is 10.0. The van der Waals surface area contributed by atoms with Crippen molar-refractivity contribution in [1.82, 2.24) is 4.90 Å². The lowest BCUT2D eigenvalue weighted by Gasteiger charge is -2.36. The van der Waals surface area contributed by atoms with Crippen LogP contribution >= 0.6 is 0 Å². The second-order valence-corrected chi connectivity index (χ2v) is 15.8. The fourth-order valence-corrected chi connectivity index (χ4v) is 10.0. The van der Waals surface area contributed by atoms with Crippen LogP contribution in [-0.4, -0.2) is 29.8 Å². The van der Waals surface area contributed by atoms with E-state index in [1.807, 2.05) is 78.7 Å². The van der Waals surface area contributed by atoms with Crippen LogP contribution in [0, 0.1) is 5.92 Å². The maximum atomic E-state index is 17.9. The van der Waals surface area contributed by atoms with E-state index < -0.39 is 17.5 Å². The second-order valence-electron chi connectivity index (χ2n) is 15.8. The summed E-state index contributed by atoms with van der Waals surface area (Å²) in [6, 6.07) is 34.8. The van der Waals surface area contributed by atoms with E-state index in [9.17, 15) is 0 Å². The highest BCUT2D eigenvalue weighted by molar-refractivity contribution is 6.14. The number of nitrogens with zero attached hydrogens (tertiary/aromatic N) is 3. The summed E-state index contributed by atoms with van der Waals surface area (Å²) in [4.78, 5) is 12.2. The Bertz CT molecular complexity index is 2810. The molecule has 0 amide bonds. The highest BCUT2D eigenvalue weighted by Crippen LogP contribution is 2.73. The van der Waals surface area contributed by atoms with Gasteiger partial charge in [0.1, 0.15) is 5.84 Å². The third-order valence-corrected chi connectivity index (χ3v) is 12.6. The molecule has 6 aliphatic rings. The Morgan fingerprint density at radius 2 is 1.32 bits per heavy atom. The SMILES string of the molecule is CN1C(c2ccccc2)=NC(C2=CC=CCC=C2)=NC1C1=C2C(F)(F)c3cc(-c4c5c(c(-c6ccccc6)c6ccccc46)C=CCC=C5)ccc3C23CC3C=C1. The topological polar surface area (TPSA) is 28.0 Å². The number of alkyl halides is 2. The van der Waals surface area contributed by atoms with Gasteiger partial charge in [-0.15, -0.1) is 0 Å². The van der Waals surface area contributed by atoms with Gasteiger partial charge < -0.3 is 4.90 Å². The zero-order valence-electron chi connectivity index (χ0n) is 31.5. The molecule has 1 spiro atoms. The summed E-state index contributed by atoms with van der Waals surface area (Å²) in [5.41, 5.74) is 8.85. The van der Waals surface area contributed by atoms with Crippen LogP contribution in [-0.2, 0) is 11.3 Å². The molecule has 1 fully saturated rings. The van der Waals surface area contributed by atoms with Crippen molar-refractivity contribution in [3.05, 3.63) is 202 Å². The Kier molecular flexibility index (Phi) is 7.59. The van der Waals surface area contributed by atoms with Gasteiger partial charge in [-0.2, -0.15) is 8.78 Å². The lowest BCUT2D eigenvalue weighted by atomic mass is 9.82. The van der Waals surface area contributed by atoms with Crippen molar-refractivity contribution < 1.29 is 8.78 Å². The largest absolute Gasteiger partial charge is 0.333 e. The fraction of sp³-hybridized carbons (Fsp3) is 0.154. The molecule has 5 heteroatoms. The Hall–Kier alpha value is -6.46. The van der Waals surface area contributed by atoms with Gasteiger partial charge >= 0.3 is 0 Å². The van der Waals surface area contributed by atoms with Crippen molar-refractivity contribution in [2.45, 2.75) is 36.8 Å². The highest BCUT2D eigenvalue weighted by Gasteiger charge is 2.71. The van der Waals surface area contributed by atoms with Crippen LogP contribution in [0.5, 0.6) is 0 Å². The molecule has 3 unspecified atom stereocenters. The first-order valence-electron chi connectivity index (χ1n) is 19.9. The molecule has 1 heterocycles. The molecule has 57 heavy (non-hydrogen) atoms. The Balaban J connectivity index is 1.10. The van der Waals surface area contributed by atoms with E-state index >= 15 is 8.78 Å². The zero-order valence-corrected chi connectivity index (χ0v) is 31.5. The van der Waals surface area contributed by atoms with Gasteiger partial charge in [0, 0.05) is 40.3 Å². The minimum atomic E-state index is -3.21. The number of hydrogen-bond acceptors (Lipinski definition) is 3. The normalized spacial score (nSPS) is 23.6. The number of benzene rings is 5. The lowest BCUT2D eigenvalue weighted by Crippen LogP contribution is -2.43. The number of fused-ring (bicyclic) bond motifs is 3. The summed E-state index contributed by atoms with van der Waals surface area (Å²) in [5.74, 6) is -1.95. The van der Waals surface area contributed by atoms with Gasteiger partial charge in [0.2, 0.25) is 0 Å². The summed E-state index contributed by atoms with van der Waals surface area (Å²) in [6.07, 6.45) is 24.6. The Morgan fingerprint density at radius 3 is 2.05 bits per heavy atom. The summed E-state index contributed by atoms with van der Waals surface area (Å²) in [6.45, 7) is 0. The number of amidine groups is 2. The van der Waals surface area contributed by atoms with E-state index in [1.165, 1.54) is 0 Å². The van der Waals surface area contributed by atoms with Crippen molar-refractivity contribution >= 4 is 34.6 Å². The highest BCUT2D eigenvalue weighted by atomic mass is 19.3. The maximum absolute atomic E-state index is 17.9. The van der Waals surface area contributed by atoms with E-state index in [4.69, 9.17) is 9.98 Å². The number of allylic oxidation sites excluding steroid dienone is 8. The maximum Gasteiger partial charge on any atom is 0.296 e. The van der Waals surface area contributed by atoms with Gasteiger partial charge in [-0.3, -0.25) is 0 Å². The number of halogens is 2. The molecule has 0 saturated heterocycles. The van der Waals surface area contributed by atoms with Crippen LogP contribution in [0.3, 0.4) is 0 Å². The monoisotopic (exact) mass is 743 g/mol. The van der Waals surface area contributed by atoms with Crippen LogP contribution < -0.4 is 0 Å². The smallest absolute Gasteiger partial charge is 0.296 e. The Labute approximate surface area is 331 Å². The van der Waals surface area contributed by atoms with Crippen LogP contribution in [0.1, 0.15) is 47.1 Å². The summed E-state index contributed by atoms with van der Waals surface area (Å²) in [7, 11) is 1.93. The first-order valence-corrected chi connectivity index (χ1v) is 19.9. The molecular formula is C52H39F2N3. The second kappa shape index (κ2) is 12.8. The molecule has 5 aliphatic carbocycles. The third kappa shape index (κ3) is 5.07. The minimum absolute atomic E-state index is 0.0156. The molecule has 5 aromatic rings. The lowest BCUT2D eigenvalue weighted by molar-refractivity contribution is 0.0380. The van der Waals surface area contributed by atoms with Crippen molar-refractivity contribution in [2.75, 3.05) is 7.05 Å². The summed E-state index contributed by atoms with van der Waals surface area (Å²) >= 11 is 0. The molecular weight excluding hydrogens is 705 g/mol. The standard InChI is InChI=1S/C52H39F2N3/c1-57-49(35-21-11-5-12-22-35)55-48(34-19-7-2-3-8-20-34)56-50(57)42-29-28-37-32-51(37)43-30-27-36(31-44(43)52(53,54)47(42)51)46-40-24-14-6-13-23-38(40)45(33-17-9-4-10-18-33)39-25-15-16-26-41(39)46/h2,4-5,7-31,37,50H,3,6,32H2,1H3. The third-order valence-electron chi connectivity index (χ3n) is 12.6. The molecule has 0 bridgehead atoms. The number of aliphatic imine (C=N–C) groups is 2. The van der Waals surface area contributed by atoms with Crippen LogP contribution in [0.4, 0.5) is 8.78 Å². The first-order chi connectivity index (χ1) is 27.9. The zero-order chi connectivity index (χ0) is 38.3. The molecule has 3 nitrogen and oxygen atoms in total. The average Bonchev–Trinajstić information content (AvgIpc) is 4.05. The number of rotatable bonds is 5. The van der Waals surface area contributed by atoms with Crippen molar-refractivity contribution in [3.8, 4) is 22.3 Å². The van der Waals surface area contributed by atoms with Crippen LogP contribution in [0.2, 0.25) is 0 Å². The molecule has 0 aromatic heterocycles. The van der Waals surface area contributed by atoms with E-state index in [-0.39, 0.29) is 17.1 Å². The average molecular weight is 744 g/mol. The van der Waals surface area contributed by atoms with Crippen LogP contribution in [0.15, 0.2) is 185 Å². The van der Waals surface area contributed by atoms with Crippen LogP contribution in [0.25, 0.3) is 45.2 Å².